The van der Waals surface area contributed by atoms with E-state index in [1.807, 2.05) is 115 Å². The van der Waals surface area contributed by atoms with Gasteiger partial charge in [0.15, 0.2) is 0 Å². The number of hydrogen-bond donors (Lipinski definition) is 3. The lowest BCUT2D eigenvalue weighted by Gasteiger charge is -2.42. The SMILES string of the molecule is O[C@@H]1c2ccccc2[C@]2(O)[C@@H]1[C@H](c1ccccc1)[C@@H](c1ccccc1)[C@@]2(O)c1ccccc1. The van der Waals surface area contributed by atoms with Crippen molar-refractivity contribution in [2.75, 3.05) is 0 Å². The van der Waals surface area contributed by atoms with Gasteiger partial charge in [0.05, 0.1) is 6.10 Å². The standard InChI is InChI=1S/C30H26O3/c31-28-23-18-10-11-19-24(23)30(33)27(28)25(20-12-4-1-5-13-20)26(21-14-6-2-7-15-21)29(30,32)22-16-8-3-9-17-22/h1-19,25-28,31-33H/t25-,26-,27-,28-,29+,30+/m1/s1. The maximum absolute atomic E-state index is 12.8. The van der Waals surface area contributed by atoms with Gasteiger partial charge in [0.25, 0.3) is 0 Å². The van der Waals surface area contributed by atoms with Crippen LogP contribution in [0.25, 0.3) is 0 Å². The average molecular weight is 435 g/mol. The zero-order valence-corrected chi connectivity index (χ0v) is 18.1. The summed E-state index contributed by atoms with van der Waals surface area (Å²) in [6.07, 6.45) is -0.902. The van der Waals surface area contributed by atoms with E-state index in [2.05, 4.69) is 0 Å². The Labute approximate surface area is 193 Å². The minimum absolute atomic E-state index is 0.314. The van der Waals surface area contributed by atoms with Crippen molar-refractivity contribution in [3.05, 3.63) is 143 Å². The van der Waals surface area contributed by atoms with Crippen molar-refractivity contribution in [2.24, 2.45) is 5.92 Å². The molecule has 3 heteroatoms. The summed E-state index contributed by atoms with van der Waals surface area (Å²) >= 11 is 0. The monoisotopic (exact) mass is 434 g/mol. The number of rotatable bonds is 3. The molecule has 0 aromatic heterocycles. The van der Waals surface area contributed by atoms with E-state index < -0.39 is 29.1 Å². The summed E-state index contributed by atoms with van der Waals surface area (Å²) in [4.78, 5) is 0. The quantitative estimate of drug-likeness (QED) is 0.425. The molecule has 0 bridgehead atoms. The van der Waals surface area contributed by atoms with E-state index in [4.69, 9.17) is 0 Å². The van der Waals surface area contributed by atoms with E-state index in [1.54, 1.807) is 0 Å². The van der Waals surface area contributed by atoms with Crippen molar-refractivity contribution < 1.29 is 15.3 Å². The van der Waals surface area contributed by atoms with Gasteiger partial charge in [-0.2, -0.15) is 0 Å². The van der Waals surface area contributed by atoms with Gasteiger partial charge < -0.3 is 15.3 Å². The summed E-state index contributed by atoms with van der Waals surface area (Å²) in [5.41, 5.74) is 0.534. The van der Waals surface area contributed by atoms with Crippen LogP contribution in [0.1, 0.15) is 45.8 Å². The summed E-state index contributed by atoms with van der Waals surface area (Å²) in [5.74, 6) is -1.40. The fourth-order valence-electron chi connectivity index (χ4n) is 6.60. The summed E-state index contributed by atoms with van der Waals surface area (Å²) in [5, 5.41) is 37.1. The normalized spacial score (nSPS) is 32.3. The molecule has 3 N–H and O–H groups in total. The molecule has 0 saturated heterocycles. The zero-order valence-electron chi connectivity index (χ0n) is 18.1. The van der Waals surface area contributed by atoms with Gasteiger partial charge >= 0.3 is 0 Å². The molecular weight excluding hydrogens is 408 g/mol. The minimum Gasteiger partial charge on any atom is -0.388 e. The van der Waals surface area contributed by atoms with Gasteiger partial charge in [-0.25, -0.2) is 0 Å². The number of benzene rings is 4. The molecule has 0 aliphatic heterocycles. The van der Waals surface area contributed by atoms with Crippen molar-refractivity contribution >= 4 is 0 Å². The van der Waals surface area contributed by atoms with Gasteiger partial charge in [-0.05, 0) is 27.8 Å². The van der Waals surface area contributed by atoms with E-state index in [-0.39, 0.29) is 5.92 Å². The maximum atomic E-state index is 12.8. The molecule has 0 heterocycles. The fraction of sp³-hybridized carbons (Fsp3) is 0.200. The molecular formula is C30H26O3. The fourth-order valence-corrected chi connectivity index (χ4v) is 6.60. The predicted octanol–water partition coefficient (Wildman–Crippen LogP) is 5.01. The number of aliphatic hydroxyl groups excluding tert-OH is 1. The van der Waals surface area contributed by atoms with Crippen LogP contribution in [0.2, 0.25) is 0 Å². The first-order valence-corrected chi connectivity index (χ1v) is 11.5. The van der Waals surface area contributed by atoms with Crippen LogP contribution in [0.4, 0.5) is 0 Å². The molecule has 0 radical (unpaired) electrons. The highest BCUT2D eigenvalue weighted by Gasteiger charge is 2.74. The van der Waals surface area contributed by atoms with E-state index in [0.29, 0.717) is 16.7 Å². The molecule has 33 heavy (non-hydrogen) atoms. The molecule has 4 aromatic rings. The first-order valence-electron chi connectivity index (χ1n) is 11.5. The second kappa shape index (κ2) is 7.39. The first kappa shape index (κ1) is 20.4. The second-order valence-corrected chi connectivity index (χ2v) is 9.28. The smallest absolute Gasteiger partial charge is 0.130 e. The Balaban J connectivity index is 1.72. The van der Waals surface area contributed by atoms with Crippen LogP contribution in [0.5, 0.6) is 0 Å². The van der Waals surface area contributed by atoms with Crippen molar-refractivity contribution in [3.63, 3.8) is 0 Å². The van der Waals surface area contributed by atoms with E-state index >= 15 is 0 Å². The molecule has 4 aromatic carbocycles. The second-order valence-electron chi connectivity index (χ2n) is 9.28. The maximum Gasteiger partial charge on any atom is 0.130 e. The Bertz CT molecular complexity index is 1270. The van der Waals surface area contributed by atoms with Gasteiger partial charge in [0, 0.05) is 17.8 Å². The Morgan fingerprint density at radius 1 is 0.545 bits per heavy atom. The predicted molar refractivity (Wildman–Crippen MR) is 127 cm³/mol. The van der Waals surface area contributed by atoms with E-state index in [9.17, 15) is 15.3 Å². The molecule has 0 amide bonds. The van der Waals surface area contributed by atoms with Crippen LogP contribution in [0.3, 0.4) is 0 Å². The van der Waals surface area contributed by atoms with Crippen molar-refractivity contribution in [1.82, 2.24) is 0 Å². The number of hydrogen-bond acceptors (Lipinski definition) is 3. The van der Waals surface area contributed by atoms with E-state index in [1.165, 1.54) is 0 Å². The molecule has 6 rings (SSSR count). The molecule has 1 saturated carbocycles. The first-order chi connectivity index (χ1) is 16.1. The Morgan fingerprint density at radius 2 is 1.06 bits per heavy atom. The van der Waals surface area contributed by atoms with E-state index in [0.717, 1.165) is 11.1 Å². The van der Waals surface area contributed by atoms with Crippen molar-refractivity contribution in [1.29, 1.82) is 0 Å². The van der Waals surface area contributed by atoms with Crippen molar-refractivity contribution in [2.45, 2.75) is 29.1 Å². The summed E-state index contributed by atoms with van der Waals surface area (Å²) in [7, 11) is 0. The zero-order chi connectivity index (χ0) is 22.6. The summed E-state index contributed by atoms with van der Waals surface area (Å²) < 4.78 is 0. The van der Waals surface area contributed by atoms with Crippen molar-refractivity contribution in [3.8, 4) is 0 Å². The molecule has 6 atom stereocenters. The van der Waals surface area contributed by atoms with Gasteiger partial charge in [-0.15, -0.1) is 0 Å². The Hall–Kier alpha value is -3.24. The summed E-state index contributed by atoms with van der Waals surface area (Å²) in [6.45, 7) is 0. The van der Waals surface area contributed by atoms with Crippen LogP contribution >= 0.6 is 0 Å². The third kappa shape index (κ3) is 2.61. The molecule has 2 aliphatic carbocycles. The summed E-state index contributed by atoms with van der Waals surface area (Å²) in [6, 6.07) is 36.8. The van der Waals surface area contributed by atoms with Crippen LogP contribution in [0.15, 0.2) is 115 Å². The Morgan fingerprint density at radius 3 is 1.70 bits per heavy atom. The molecule has 2 aliphatic rings. The van der Waals surface area contributed by atoms with Crippen LogP contribution in [-0.2, 0) is 11.2 Å². The molecule has 3 nitrogen and oxygen atoms in total. The van der Waals surface area contributed by atoms with Crippen LogP contribution in [0, 0.1) is 5.92 Å². The molecule has 1 fully saturated rings. The third-order valence-corrected chi connectivity index (χ3v) is 7.85. The largest absolute Gasteiger partial charge is 0.388 e. The van der Waals surface area contributed by atoms with Gasteiger partial charge in [0.1, 0.15) is 11.2 Å². The highest BCUT2D eigenvalue weighted by Crippen LogP contribution is 2.73. The average Bonchev–Trinajstić information content (AvgIpc) is 3.24. The molecule has 0 spiro atoms. The molecule has 0 unspecified atom stereocenters. The molecule has 164 valence electrons. The third-order valence-electron chi connectivity index (χ3n) is 7.85. The number of fused-ring (bicyclic) bond motifs is 3. The van der Waals surface area contributed by atoms with Gasteiger partial charge in [-0.1, -0.05) is 115 Å². The number of aliphatic hydroxyl groups is 3. The highest BCUT2D eigenvalue weighted by atomic mass is 16.4. The highest BCUT2D eigenvalue weighted by molar-refractivity contribution is 5.54. The lowest BCUT2D eigenvalue weighted by molar-refractivity contribution is -0.174. The van der Waals surface area contributed by atoms with Gasteiger partial charge in [-0.3, -0.25) is 0 Å². The van der Waals surface area contributed by atoms with Gasteiger partial charge in [0.2, 0.25) is 0 Å². The van der Waals surface area contributed by atoms with Crippen LogP contribution < -0.4 is 0 Å². The van der Waals surface area contributed by atoms with Crippen LogP contribution in [-0.4, -0.2) is 15.3 Å². The lowest BCUT2D eigenvalue weighted by Crippen LogP contribution is -2.49. The minimum atomic E-state index is -1.68. The Kier molecular flexibility index (Phi) is 4.56. The topological polar surface area (TPSA) is 60.7 Å². The lowest BCUT2D eigenvalue weighted by atomic mass is 9.69.